The van der Waals surface area contributed by atoms with Crippen LogP contribution in [0.25, 0.3) is 10.9 Å². The lowest BCUT2D eigenvalue weighted by molar-refractivity contribution is -0.137. The van der Waals surface area contributed by atoms with E-state index in [-0.39, 0.29) is 5.91 Å². The summed E-state index contributed by atoms with van der Waals surface area (Å²) >= 11 is 6.06. The third-order valence-corrected chi connectivity index (χ3v) is 6.46. The zero-order valence-corrected chi connectivity index (χ0v) is 19.9. The number of rotatable bonds is 4. The highest BCUT2D eigenvalue weighted by molar-refractivity contribution is 6.31. The molecule has 0 saturated carbocycles. The van der Waals surface area contributed by atoms with E-state index in [1.54, 1.807) is 35.4 Å². The highest BCUT2D eigenvalue weighted by Gasteiger charge is 2.31. The molecule has 1 amide bonds. The summed E-state index contributed by atoms with van der Waals surface area (Å²) in [5.74, 6) is -0.103. The molecule has 5 nitrogen and oxygen atoms in total. The highest BCUT2D eigenvalue weighted by Crippen LogP contribution is 2.32. The number of carbonyl (C=O) groups excluding carboxylic acids is 1. The first-order valence-electron chi connectivity index (χ1n) is 11.4. The Balaban J connectivity index is 1.23. The van der Waals surface area contributed by atoms with E-state index in [0.717, 1.165) is 34.4 Å². The monoisotopic (exact) mass is 510 g/mol. The van der Waals surface area contributed by atoms with Gasteiger partial charge in [0.1, 0.15) is 0 Å². The van der Waals surface area contributed by atoms with Crippen molar-refractivity contribution in [1.29, 1.82) is 0 Å². The van der Waals surface area contributed by atoms with Crippen LogP contribution in [0.2, 0.25) is 5.02 Å². The summed E-state index contributed by atoms with van der Waals surface area (Å²) in [6, 6.07) is 19.9. The van der Waals surface area contributed by atoms with Crippen LogP contribution in [0, 0.1) is 0 Å². The van der Waals surface area contributed by atoms with Crippen molar-refractivity contribution in [2.24, 2.45) is 0 Å². The lowest BCUT2D eigenvalue weighted by atomic mass is 10.1. The van der Waals surface area contributed by atoms with Crippen molar-refractivity contribution >= 4 is 45.5 Å². The molecule has 1 aliphatic heterocycles. The second kappa shape index (κ2) is 9.70. The maximum Gasteiger partial charge on any atom is 0.416 e. The van der Waals surface area contributed by atoms with E-state index in [0.29, 0.717) is 42.5 Å². The van der Waals surface area contributed by atoms with Crippen LogP contribution >= 0.6 is 11.6 Å². The van der Waals surface area contributed by atoms with Gasteiger partial charge in [0.25, 0.3) is 5.91 Å². The fourth-order valence-corrected chi connectivity index (χ4v) is 4.48. The lowest BCUT2D eigenvalue weighted by Gasteiger charge is -2.36. The van der Waals surface area contributed by atoms with Crippen LogP contribution in [0.15, 0.2) is 79.0 Å². The van der Waals surface area contributed by atoms with E-state index in [1.807, 2.05) is 35.2 Å². The zero-order valence-electron chi connectivity index (χ0n) is 19.1. The van der Waals surface area contributed by atoms with Crippen molar-refractivity contribution in [1.82, 2.24) is 9.88 Å². The maximum absolute atomic E-state index is 13.0. The molecule has 0 bridgehead atoms. The van der Waals surface area contributed by atoms with Crippen LogP contribution in [0.4, 0.5) is 30.2 Å². The largest absolute Gasteiger partial charge is 0.416 e. The Bertz CT molecular complexity index is 1400. The highest BCUT2D eigenvalue weighted by atomic mass is 35.5. The van der Waals surface area contributed by atoms with Crippen molar-refractivity contribution in [3.8, 4) is 0 Å². The number of hydrogen-bond donors (Lipinski definition) is 1. The normalized spacial score (nSPS) is 14.2. The number of nitrogens with zero attached hydrogens (tertiary/aromatic N) is 3. The molecule has 1 aliphatic rings. The molecular formula is C27H22ClF3N4O. The van der Waals surface area contributed by atoms with Gasteiger partial charge in [-0.2, -0.15) is 13.2 Å². The van der Waals surface area contributed by atoms with Gasteiger partial charge < -0.3 is 15.1 Å². The zero-order chi connectivity index (χ0) is 25.3. The van der Waals surface area contributed by atoms with Gasteiger partial charge in [0, 0.05) is 65.4 Å². The van der Waals surface area contributed by atoms with Gasteiger partial charge >= 0.3 is 6.18 Å². The third-order valence-electron chi connectivity index (χ3n) is 6.22. The molecule has 1 N–H and O–H groups in total. The van der Waals surface area contributed by atoms with Gasteiger partial charge in [-0.1, -0.05) is 17.7 Å². The SMILES string of the molecule is O=C(c1ccc(Nc2ccnc3cc(Cl)ccc23)cc1)N1CCN(c2cccc(C(F)(F)F)c2)CC1. The first-order chi connectivity index (χ1) is 17.3. The molecule has 5 rings (SSSR count). The van der Waals surface area contributed by atoms with Gasteiger partial charge in [0.15, 0.2) is 0 Å². The standard InChI is InChI=1S/C27H22ClF3N4O/c28-20-6-9-23-24(10-11-32-25(23)17-20)33-21-7-4-18(5-8-21)26(36)35-14-12-34(13-15-35)22-3-1-2-19(16-22)27(29,30)31/h1-11,16-17H,12-15H2,(H,32,33). The summed E-state index contributed by atoms with van der Waals surface area (Å²) in [5.41, 5.74) is 2.88. The summed E-state index contributed by atoms with van der Waals surface area (Å²) < 4.78 is 39.1. The summed E-state index contributed by atoms with van der Waals surface area (Å²) in [5, 5.41) is 4.90. The van der Waals surface area contributed by atoms with Crippen LogP contribution in [-0.4, -0.2) is 42.0 Å². The van der Waals surface area contributed by atoms with E-state index in [1.165, 1.54) is 6.07 Å². The molecule has 0 unspecified atom stereocenters. The number of carbonyl (C=O) groups is 1. The van der Waals surface area contributed by atoms with Crippen molar-refractivity contribution in [2.45, 2.75) is 6.18 Å². The Morgan fingerprint density at radius 1 is 0.917 bits per heavy atom. The Kier molecular flexibility index (Phi) is 6.45. The van der Waals surface area contributed by atoms with E-state index in [9.17, 15) is 18.0 Å². The summed E-state index contributed by atoms with van der Waals surface area (Å²) in [4.78, 5) is 21.0. The minimum Gasteiger partial charge on any atom is -0.368 e. The molecule has 0 radical (unpaired) electrons. The molecule has 36 heavy (non-hydrogen) atoms. The van der Waals surface area contributed by atoms with Crippen LogP contribution < -0.4 is 10.2 Å². The predicted molar refractivity (Wildman–Crippen MR) is 136 cm³/mol. The van der Waals surface area contributed by atoms with Crippen LogP contribution in [0.1, 0.15) is 15.9 Å². The van der Waals surface area contributed by atoms with Gasteiger partial charge in [0.2, 0.25) is 0 Å². The van der Waals surface area contributed by atoms with Gasteiger partial charge in [0.05, 0.1) is 11.1 Å². The number of amides is 1. The molecule has 1 aromatic heterocycles. The number of benzene rings is 3. The average Bonchev–Trinajstić information content (AvgIpc) is 2.88. The topological polar surface area (TPSA) is 48.5 Å². The Morgan fingerprint density at radius 2 is 1.67 bits per heavy atom. The molecule has 0 aliphatic carbocycles. The molecule has 1 fully saturated rings. The second-order valence-electron chi connectivity index (χ2n) is 8.55. The van der Waals surface area contributed by atoms with Crippen LogP contribution in [0.5, 0.6) is 0 Å². The van der Waals surface area contributed by atoms with Gasteiger partial charge in [-0.25, -0.2) is 0 Å². The van der Waals surface area contributed by atoms with Gasteiger partial charge in [-0.3, -0.25) is 9.78 Å². The van der Waals surface area contributed by atoms with E-state index in [4.69, 9.17) is 11.6 Å². The fourth-order valence-electron chi connectivity index (χ4n) is 4.31. The van der Waals surface area contributed by atoms with E-state index >= 15 is 0 Å². The smallest absolute Gasteiger partial charge is 0.368 e. The molecule has 0 atom stereocenters. The molecule has 2 heterocycles. The number of nitrogens with one attached hydrogen (secondary N) is 1. The van der Waals surface area contributed by atoms with Gasteiger partial charge in [-0.05, 0) is 66.7 Å². The molecular weight excluding hydrogens is 489 g/mol. The number of anilines is 3. The quantitative estimate of drug-likeness (QED) is 0.335. The first-order valence-corrected chi connectivity index (χ1v) is 11.8. The maximum atomic E-state index is 13.0. The van der Waals surface area contributed by atoms with Gasteiger partial charge in [-0.15, -0.1) is 0 Å². The number of fused-ring (bicyclic) bond motifs is 1. The Hall–Kier alpha value is -3.78. The summed E-state index contributed by atoms with van der Waals surface area (Å²) in [6.07, 6.45) is -2.68. The van der Waals surface area contributed by atoms with Crippen molar-refractivity contribution in [3.05, 3.63) is 95.1 Å². The molecule has 184 valence electrons. The number of aromatic nitrogens is 1. The third kappa shape index (κ3) is 5.09. The summed E-state index contributed by atoms with van der Waals surface area (Å²) in [7, 11) is 0. The first kappa shape index (κ1) is 23.9. The number of piperazine rings is 1. The molecule has 3 aromatic carbocycles. The average molecular weight is 511 g/mol. The predicted octanol–water partition coefficient (Wildman–Crippen LogP) is 6.61. The Morgan fingerprint density at radius 3 is 2.39 bits per heavy atom. The van der Waals surface area contributed by atoms with Crippen LogP contribution in [0.3, 0.4) is 0 Å². The lowest BCUT2D eigenvalue weighted by Crippen LogP contribution is -2.48. The number of pyridine rings is 1. The minimum absolute atomic E-state index is 0.103. The van der Waals surface area contributed by atoms with Crippen molar-refractivity contribution in [2.75, 3.05) is 36.4 Å². The molecule has 0 spiro atoms. The summed E-state index contributed by atoms with van der Waals surface area (Å²) in [6.45, 7) is 1.79. The minimum atomic E-state index is -4.38. The van der Waals surface area contributed by atoms with Crippen molar-refractivity contribution in [3.63, 3.8) is 0 Å². The Labute approximate surface area is 211 Å². The number of alkyl halides is 3. The molecule has 4 aromatic rings. The van der Waals surface area contributed by atoms with E-state index in [2.05, 4.69) is 10.3 Å². The van der Waals surface area contributed by atoms with E-state index < -0.39 is 11.7 Å². The molecule has 1 saturated heterocycles. The molecule has 9 heteroatoms. The second-order valence-corrected chi connectivity index (χ2v) is 8.99. The fraction of sp³-hybridized carbons (Fsp3) is 0.185. The van der Waals surface area contributed by atoms with Crippen molar-refractivity contribution < 1.29 is 18.0 Å². The number of halogens is 4. The van der Waals surface area contributed by atoms with Crippen LogP contribution in [-0.2, 0) is 6.18 Å². The number of hydrogen-bond acceptors (Lipinski definition) is 4.